The van der Waals surface area contributed by atoms with Crippen molar-refractivity contribution in [2.75, 3.05) is 0 Å². The molecule has 0 radical (unpaired) electrons. The van der Waals surface area contributed by atoms with Gasteiger partial charge in [-0.3, -0.25) is 4.79 Å². The van der Waals surface area contributed by atoms with Gasteiger partial charge in [-0.15, -0.1) is 0 Å². The number of carbonyl (C=O) groups excluding carboxylic acids is 1. The molecule has 5 heteroatoms. The molecular weight excluding hydrogens is 191 g/mol. The smallest absolute Gasteiger partial charge is 1.00 e. The second kappa shape index (κ2) is 6.28. The summed E-state index contributed by atoms with van der Waals surface area (Å²) in [7, 11) is 0. The van der Waals surface area contributed by atoms with Crippen LogP contribution in [0.1, 0.15) is 24.3 Å². The molecule has 0 saturated carbocycles. The molecule has 0 unspecified atom stereocenters. The van der Waals surface area contributed by atoms with E-state index in [1.807, 2.05) is 18.2 Å². The molecule has 0 aliphatic carbocycles. The van der Waals surface area contributed by atoms with Crippen molar-refractivity contribution < 1.29 is 39.7 Å². The van der Waals surface area contributed by atoms with Gasteiger partial charge in [0, 0.05) is 12.5 Å². The van der Waals surface area contributed by atoms with Crippen LogP contribution in [0.25, 0.3) is 0 Å². The van der Waals surface area contributed by atoms with Gasteiger partial charge in [-0.2, -0.15) is 0 Å². The molecule has 0 saturated heterocycles. The van der Waals surface area contributed by atoms with Gasteiger partial charge in [-0.05, 0) is 6.07 Å². The molecule has 0 aromatic heterocycles. The van der Waals surface area contributed by atoms with Crippen molar-refractivity contribution in [1.82, 2.24) is 0 Å². The first-order chi connectivity index (χ1) is 6.61. The van der Waals surface area contributed by atoms with Crippen molar-refractivity contribution in [3.05, 3.63) is 35.4 Å². The van der Waals surface area contributed by atoms with E-state index in [-0.39, 0.29) is 26.3 Å². The molecule has 1 aliphatic heterocycles. The number of hydrogen-bond donors (Lipinski definition) is 1. The molecule has 0 fully saturated rings. The fourth-order valence-electron chi connectivity index (χ4n) is 1.07. The Morgan fingerprint density at radius 2 is 2.00 bits per heavy atom. The number of ether oxygens (including phenoxy) is 1. The van der Waals surface area contributed by atoms with Crippen LogP contribution in [0.2, 0.25) is 0 Å². The van der Waals surface area contributed by atoms with E-state index >= 15 is 0 Å². The zero-order valence-electron chi connectivity index (χ0n) is 9.69. The monoisotopic (exact) mass is 202 g/mol. The molecule has 1 aromatic rings. The van der Waals surface area contributed by atoms with Gasteiger partial charge in [0.1, 0.15) is 6.61 Å². The first-order valence-electron chi connectivity index (χ1n) is 4.06. The zero-order valence-corrected chi connectivity index (χ0v) is 8.69. The van der Waals surface area contributed by atoms with Gasteiger partial charge in [0.2, 0.25) is 0 Å². The number of rotatable bonds is 0. The number of cyclic esters (lactones) is 1. The molecule has 1 aromatic carbocycles. The maximum absolute atomic E-state index is 10.8. The van der Waals surface area contributed by atoms with Crippen molar-refractivity contribution in [3.8, 4) is 0 Å². The Hall–Kier alpha value is -1.24. The number of aliphatic carboxylic acids is 1. The summed E-state index contributed by atoms with van der Waals surface area (Å²) in [5.41, 5.74) is 1.70. The number of carboxylic acids is 1. The van der Waals surface area contributed by atoms with Crippen molar-refractivity contribution >= 4 is 11.9 Å². The van der Waals surface area contributed by atoms with Crippen LogP contribution in [0.3, 0.4) is 0 Å². The van der Waals surface area contributed by atoms with Gasteiger partial charge >= 0.3 is 24.8 Å². The first-order valence-corrected chi connectivity index (χ1v) is 4.06. The zero-order chi connectivity index (χ0) is 10.6. The molecule has 15 heavy (non-hydrogen) atoms. The molecule has 2 rings (SSSR count). The minimum atomic E-state index is -0.833. The summed E-state index contributed by atoms with van der Waals surface area (Å²) in [6, 6.07) is 7.43. The molecular formula is C10H11LiO4. The van der Waals surface area contributed by atoms with Gasteiger partial charge in [0.25, 0.3) is 5.97 Å². The van der Waals surface area contributed by atoms with E-state index in [1.165, 1.54) is 0 Å². The Bertz CT molecular complexity index is 364. The minimum absolute atomic E-state index is 0. The van der Waals surface area contributed by atoms with Gasteiger partial charge in [-0.1, -0.05) is 18.2 Å². The average molecular weight is 202 g/mol. The molecule has 0 spiro atoms. The van der Waals surface area contributed by atoms with E-state index in [4.69, 9.17) is 14.6 Å². The van der Waals surface area contributed by atoms with Crippen LogP contribution in [0, 0.1) is 0 Å². The maximum atomic E-state index is 10.8. The molecule has 0 bridgehead atoms. The maximum Gasteiger partial charge on any atom is 1.00 e. The van der Waals surface area contributed by atoms with Gasteiger partial charge in [0.15, 0.2) is 0 Å². The fraction of sp³-hybridized carbons (Fsp3) is 0.200. The van der Waals surface area contributed by atoms with Gasteiger partial charge < -0.3 is 11.3 Å². The SMILES string of the molecule is CC(=O)O.O=C1OCc2ccccc21.[H-].[Li+]. The quantitative estimate of drug-likeness (QED) is 0.413. The fourth-order valence-corrected chi connectivity index (χ4v) is 1.07. The minimum Gasteiger partial charge on any atom is -1.00 e. The Morgan fingerprint density at radius 3 is 2.53 bits per heavy atom. The largest absolute Gasteiger partial charge is 1.00 e. The van der Waals surface area contributed by atoms with Crippen LogP contribution in [0.4, 0.5) is 0 Å². The second-order valence-electron chi connectivity index (χ2n) is 2.75. The van der Waals surface area contributed by atoms with E-state index in [2.05, 4.69) is 0 Å². The molecule has 76 valence electrons. The second-order valence-corrected chi connectivity index (χ2v) is 2.75. The third-order valence-electron chi connectivity index (χ3n) is 1.60. The molecule has 1 aliphatic rings. The summed E-state index contributed by atoms with van der Waals surface area (Å²) < 4.78 is 4.78. The Balaban J connectivity index is 0. The molecule has 0 amide bonds. The van der Waals surface area contributed by atoms with E-state index < -0.39 is 5.97 Å². The van der Waals surface area contributed by atoms with E-state index in [0.29, 0.717) is 12.2 Å². The van der Waals surface area contributed by atoms with Gasteiger partial charge in [-0.25, -0.2) is 4.79 Å². The van der Waals surface area contributed by atoms with Crippen LogP contribution in [0.15, 0.2) is 24.3 Å². The van der Waals surface area contributed by atoms with Crippen LogP contribution in [0.5, 0.6) is 0 Å². The Labute approximate surface area is 101 Å². The Kier molecular flexibility index (Phi) is 5.76. The molecule has 1 heterocycles. The predicted octanol–water partition coefficient (Wildman–Crippen LogP) is -1.44. The third kappa shape index (κ3) is 4.20. The van der Waals surface area contributed by atoms with E-state index in [1.54, 1.807) is 6.07 Å². The standard InChI is InChI=1S/C8H6O2.C2H4O2.Li.H/c9-8-7-4-2-1-3-6(7)5-10-8;1-2(3)4;;/h1-4H,5H2;1H3,(H,3,4);;/q;;+1;-1. The Morgan fingerprint density at radius 1 is 1.47 bits per heavy atom. The normalized spacial score (nSPS) is 11.4. The number of carbonyl (C=O) groups is 2. The molecule has 1 N–H and O–H groups in total. The summed E-state index contributed by atoms with van der Waals surface area (Å²) in [5.74, 6) is -1.03. The van der Waals surface area contributed by atoms with Crippen LogP contribution in [-0.4, -0.2) is 17.0 Å². The summed E-state index contributed by atoms with van der Waals surface area (Å²) in [4.78, 5) is 19.8. The van der Waals surface area contributed by atoms with Crippen molar-refractivity contribution in [2.45, 2.75) is 13.5 Å². The average Bonchev–Trinajstić information content (AvgIpc) is 2.48. The predicted molar refractivity (Wildman–Crippen MR) is 50.0 cm³/mol. The number of carboxylic acid groups (broad SMARTS) is 1. The van der Waals surface area contributed by atoms with Crippen LogP contribution < -0.4 is 18.9 Å². The van der Waals surface area contributed by atoms with Crippen molar-refractivity contribution in [3.63, 3.8) is 0 Å². The summed E-state index contributed by atoms with van der Waals surface area (Å²) in [6.45, 7) is 1.52. The number of hydrogen-bond acceptors (Lipinski definition) is 3. The van der Waals surface area contributed by atoms with Crippen LogP contribution in [-0.2, 0) is 16.1 Å². The number of fused-ring (bicyclic) bond motifs is 1. The topological polar surface area (TPSA) is 63.6 Å². The van der Waals surface area contributed by atoms with Gasteiger partial charge in [0.05, 0.1) is 5.56 Å². The van der Waals surface area contributed by atoms with Crippen molar-refractivity contribution in [1.29, 1.82) is 0 Å². The van der Waals surface area contributed by atoms with Crippen LogP contribution >= 0.6 is 0 Å². The molecule has 4 nitrogen and oxygen atoms in total. The summed E-state index contributed by atoms with van der Waals surface area (Å²) in [6.07, 6.45) is 0. The summed E-state index contributed by atoms with van der Waals surface area (Å²) in [5, 5.41) is 7.42. The molecule has 0 atom stereocenters. The summed E-state index contributed by atoms with van der Waals surface area (Å²) >= 11 is 0. The van der Waals surface area contributed by atoms with E-state index in [0.717, 1.165) is 12.5 Å². The first kappa shape index (κ1) is 13.8. The van der Waals surface area contributed by atoms with E-state index in [9.17, 15) is 4.79 Å². The number of esters is 1. The third-order valence-corrected chi connectivity index (χ3v) is 1.60. The number of benzene rings is 1. The van der Waals surface area contributed by atoms with Crippen molar-refractivity contribution in [2.24, 2.45) is 0 Å².